The van der Waals surface area contributed by atoms with E-state index in [0.29, 0.717) is 12.4 Å². The van der Waals surface area contributed by atoms with Crippen LogP contribution in [0.3, 0.4) is 0 Å². The van der Waals surface area contributed by atoms with Gasteiger partial charge in [0.15, 0.2) is 5.82 Å². The Balaban J connectivity index is 1.83. The number of nitrogens with zero attached hydrogens (tertiary/aromatic N) is 4. The van der Waals surface area contributed by atoms with Crippen LogP contribution in [0.1, 0.15) is 10.7 Å². The zero-order chi connectivity index (χ0) is 10.7. The lowest BCUT2D eigenvalue weighted by atomic mass is 10.4. The van der Waals surface area contributed by atoms with E-state index in [2.05, 4.69) is 42.0 Å². The molecule has 0 saturated carbocycles. The highest BCUT2D eigenvalue weighted by Crippen LogP contribution is 2.22. The largest absolute Gasteiger partial charge is 0.305 e. The lowest BCUT2D eigenvalue weighted by molar-refractivity contribution is 0.620. The number of tetrazole rings is 1. The van der Waals surface area contributed by atoms with Gasteiger partial charge in [0.05, 0.1) is 13.6 Å². The van der Waals surface area contributed by atoms with Crippen molar-refractivity contribution >= 4 is 27.3 Å². The molecule has 0 aliphatic heterocycles. The lowest BCUT2D eigenvalue weighted by Gasteiger charge is -1.99. The molecule has 0 spiro atoms. The van der Waals surface area contributed by atoms with Crippen molar-refractivity contribution in [2.45, 2.75) is 13.1 Å². The second-order valence-electron chi connectivity index (χ2n) is 2.99. The third-order valence-electron chi connectivity index (χ3n) is 1.81. The second-order valence-corrected chi connectivity index (χ2v) is 4.85. The van der Waals surface area contributed by atoms with Gasteiger partial charge < -0.3 is 5.32 Å². The molecule has 5 nitrogen and oxygen atoms in total. The summed E-state index contributed by atoms with van der Waals surface area (Å²) in [6.45, 7) is 1.45. The Kier molecular flexibility index (Phi) is 3.45. The first-order chi connectivity index (χ1) is 7.25. The van der Waals surface area contributed by atoms with Gasteiger partial charge in [0.2, 0.25) is 0 Å². The maximum absolute atomic E-state index is 4.08. The van der Waals surface area contributed by atoms with E-state index in [0.717, 1.165) is 11.0 Å². The molecule has 0 fully saturated rings. The number of aryl methyl sites for hydroxylation is 1. The van der Waals surface area contributed by atoms with Crippen LogP contribution < -0.4 is 5.32 Å². The number of nitrogens with one attached hydrogen (secondary N) is 1. The fourth-order valence-electron chi connectivity index (χ4n) is 1.13. The van der Waals surface area contributed by atoms with Gasteiger partial charge in [-0.2, -0.15) is 4.80 Å². The van der Waals surface area contributed by atoms with Crippen molar-refractivity contribution in [3.8, 4) is 0 Å². The second kappa shape index (κ2) is 4.82. The van der Waals surface area contributed by atoms with Crippen LogP contribution in [0.15, 0.2) is 15.9 Å². The Morgan fingerprint density at radius 3 is 3.00 bits per heavy atom. The number of thiophene rings is 1. The van der Waals surface area contributed by atoms with Crippen LogP contribution >= 0.6 is 27.3 Å². The summed E-state index contributed by atoms with van der Waals surface area (Å²) in [5, 5.41) is 17.0. The molecular formula is C8H10BrN5S. The molecule has 2 aromatic heterocycles. The van der Waals surface area contributed by atoms with Crippen molar-refractivity contribution < 1.29 is 0 Å². The van der Waals surface area contributed by atoms with Crippen molar-refractivity contribution in [3.05, 3.63) is 26.6 Å². The van der Waals surface area contributed by atoms with Crippen LogP contribution in [0.25, 0.3) is 0 Å². The first-order valence-corrected chi connectivity index (χ1v) is 6.08. The lowest BCUT2D eigenvalue weighted by Crippen LogP contribution is -2.13. The van der Waals surface area contributed by atoms with E-state index in [1.807, 2.05) is 6.07 Å². The minimum absolute atomic E-state index is 0.637. The molecule has 15 heavy (non-hydrogen) atoms. The summed E-state index contributed by atoms with van der Waals surface area (Å²) in [5.41, 5.74) is 0. The Morgan fingerprint density at radius 1 is 1.53 bits per heavy atom. The molecule has 0 unspecified atom stereocenters. The van der Waals surface area contributed by atoms with Crippen LogP contribution in [0, 0.1) is 0 Å². The minimum Gasteiger partial charge on any atom is -0.305 e. The first-order valence-electron chi connectivity index (χ1n) is 4.41. The quantitative estimate of drug-likeness (QED) is 0.922. The zero-order valence-corrected chi connectivity index (χ0v) is 10.5. The van der Waals surface area contributed by atoms with Gasteiger partial charge in [-0.25, -0.2) is 0 Å². The third kappa shape index (κ3) is 2.83. The van der Waals surface area contributed by atoms with Gasteiger partial charge in [-0.15, -0.1) is 21.5 Å². The molecule has 7 heteroatoms. The van der Waals surface area contributed by atoms with Gasteiger partial charge in [0.25, 0.3) is 0 Å². The molecule has 2 aromatic rings. The van der Waals surface area contributed by atoms with E-state index in [1.54, 1.807) is 18.4 Å². The van der Waals surface area contributed by atoms with Crippen molar-refractivity contribution in [2.75, 3.05) is 0 Å². The third-order valence-corrected chi connectivity index (χ3v) is 3.74. The van der Waals surface area contributed by atoms with E-state index in [1.165, 1.54) is 9.67 Å². The van der Waals surface area contributed by atoms with E-state index in [9.17, 15) is 0 Å². The predicted octanol–water partition coefficient (Wildman–Crippen LogP) is 1.32. The summed E-state index contributed by atoms with van der Waals surface area (Å²) in [6.07, 6.45) is 0. The van der Waals surface area contributed by atoms with Crippen LogP contribution in [-0.2, 0) is 20.1 Å². The highest BCUT2D eigenvalue weighted by atomic mass is 79.9. The topological polar surface area (TPSA) is 55.6 Å². The van der Waals surface area contributed by atoms with Gasteiger partial charge in [0.1, 0.15) is 0 Å². The summed E-state index contributed by atoms with van der Waals surface area (Å²) in [6, 6.07) is 2.04. The molecule has 0 aliphatic carbocycles. The van der Waals surface area contributed by atoms with Crippen molar-refractivity contribution in [1.29, 1.82) is 0 Å². The van der Waals surface area contributed by atoms with Crippen molar-refractivity contribution in [2.24, 2.45) is 7.05 Å². The minimum atomic E-state index is 0.637. The molecular weight excluding hydrogens is 278 g/mol. The van der Waals surface area contributed by atoms with Gasteiger partial charge in [-0.1, -0.05) is 0 Å². The van der Waals surface area contributed by atoms with E-state index < -0.39 is 0 Å². The standard InChI is InChI=1S/C8H10BrN5S/c1-14-12-8(11-13-14)5-10-4-7-6(9)2-3-15-7/h2-3,10H,4-5H2,1H3. The number of hydrogen-bond acceptors (Lipinski definition) is 5. The van der Waals surface area contributed by atoms with Crippen molar-refractivity contribution in [3.63, 3.8) is 0 Å². The fraction of sp³-hybridized carbons (Fsp3) is 0.375. The van der Waals surface area contributed by atoms with Crippen LogP contribution in [-0.4, -0.2) is 20.2 Å². The monoisotopic (exact) mass is 287 g/mol. The maximum atomic E-state index is 4.08. The Hall–Kier alpha value is -0.790. The average Bonchev–Trinajstić information content (AvgIpc) is 2.77. The smallest absolute Gasteiger partial charge is 0.188 e. The SMILES string of the molecule is Cn1nnc(CNCc2sccc2Br)n1. The predicted molar refractivity (Wildman–Crippen MR) is 61.4 cm³/mol. The normalized spacial score (nSPS) is 10.8. The van der Waals surface area contributed by atoms with Gasteiger partial charge in [0, 0.05) is 15.9 Å². The average molecular weight is 288 g/mol. The van der Waals surface area contributed by atoms with E-state index in [-0.39, 0.29) is 0 Å². The summed E-state index contributed by atoms with van der Waals surface area (Å²) in [4.78, 5) is 2.73. The molecule has 2 rings (SSSR count). The van der Waals surface area contributed by atoms with E-state index >= 15 is 0 Å². The van der Waals surface area contributed by atoms with Gasteiger partial charge in [-0.05, 0) is 32.6 Å². The number of halogens is 1. The Labute approximate surface area is 99.6 Å². The first kappa shape index (κ1) is 10.7. The van der Waals surface area contributed by atoms with Crippen LogP contribution in [0.5, 0.6) is 0 Å². The molecule has 0 amide bonds. The zero-order valence-electron chi connectivity index (χ0n) is 8.14. The molecule has 0 radical (unpaired) electrons. The highest BCUT2D eigenvalue weighted by Gasteiger charge is 2.02. The molecule has 0 aliphatic rings. The molecule has 2 heterocycles. The van der Waals surface area contributed by atoms with Gasteiger partial charge >= 0.3 is 0 Å². The van der Waals surface area contributed by atoms with Crippen LogP contribution in [0.2, 0.25) is 0 Å². The summed E-state index contributed by atoms with van der Waals surface area (Å²) >= 11 is 5.20. The molecule has 0 aromatic carbocycles. The summed E-state index contributed by atoms with van der Waals surface area (Å²) in [5.74, 6) is 0.713. The summed E-state index contributed by atoms with van der Waals surface area (Å²) < 4.78 is 1.15. The number of aromatic nitrogens is 4. The molecule has 0 bridgehead atoms. The molecule has 0 saturated heterocycles. The molecule has 1 N–H and O–H groups in total. The number of rotatable bonds is 4. The molecule has 0 atom stereocenters. The van der Waals surface area contributed by atoms with Gasteiger partial charge in [-0.3, -0.25) is 0 Å². The Bertz CT molecular complexity index is 438. The highest BCUT2D eigenvalue weighted by molar-refractivity contribution is 9.10. The summed E-state index contributed by atoms with van der Waals surface area (Å²) in [7, 11) is 1.76. The fourth-order valence-corrected chi connectivity index (χ4v) is 2.60. The van der Waals surface area contributed by atoms with Crippen molar-refractivity contribution in [1.82, 2.24) is 25.5 Å². The maximum Gasteiger partial charge on any atom is 0.188 e. The Morgan fingerprint density at radius 2 is 2.40 bits per heavy atom. The van der Waals surface area contributed by atoms with Crippen LogP contribution in [0.4, 0.5) is 0 Å². The number of hydrogen-bond donors (Lipinski definition) is 1. The molecule has 80 valence electrons. The van der Waals surface area contributed by atoms with E-state index in [4.69, 9.17) is 0 Å².